The highest BCUT2D eigenvalue weighted by molar-refractivity contribution is 6.30. The zero-order valence-electron chi connectivity index (χ0n) is 8.24. The molecule has 0 bridgehead atoms. The first-order valence-electron chi connectivity index (χ1n) is 4.79. The van der Waals surface area contributed by atoms with Gasteiger partial charge < -0.3 is 10.6 Å². The maximum atomic E-state index is 5.69. The predicted molar refractivity (Wildman–Crippen MR) is 63.8 cm³/mol. The van der Waals surface area contributed by atoms with Crippen LogP contribution in [0.1, 0.15) is 12.8 Å². The van der Waals surface area contributed by atoms with E-state index < -0.39 is 0 Å². The van der Waals surface area contributed by atoms with E-state index in [1.54, 1.807) is 12.4 Å². The molecule has 1 aromatic rings. The van der Waals surface area contributed by atoms with Crippen molar-refractivity contribution in [1.29, 1.82) is 0 Å². The van der Waals surface area contributed by atoms with Gasteiger partial charge in [-0.2, -0.15) is 0 Å². The van der Waals surface area contributed by atoms with E-state index in [0.29, 0.717) is 17.0 Å². The second kappa shape index (κ2) is 6.10. The average molecular weight is 249 g/mol. The van der Waals surface area contributed by atoms with Crippen molar-refractivity contribution >= 4 is 30.0 Å². The first-order chi connectivity index (χ1) is 6.84. The van der Waals surface area contributed by atoms with Crippen molar-refractivity contribution in [3.63, 3.8) is 0 Å². The van der Waals surface area contributed by atoms with Gasteiger partial charge >= 0.3 is 0 Å². The molecule has 2 rings (SSSR count). The van der Waals surface area contributed by atoms with E-state index >= 15 is 0 Å². The number of anilines is 1. The van der Waals surface area contributed by atoms with Gasteiger partial charge in [-0.15, -0.1) is 12.4 Å². The molecule has 4 nitrogen and oxygen atoms in total. The lowest BCUT2D eigenvalue weighted by atomic mass is 10.1. The molecule has 15 heavy (non-hydrogen) atoms. The number of halogens is 2. The van der Waals surface area contributed by atoms with Crippen LogP contribution in [0.15, 0.2) is 12.4 Å². The maximum Gasteiger partial charge on any atom is 0.222 e. The molecular weight excluding hydrogens is 235 g/mol. The van der Waals surface area contributed by atoms with Gasteiger partial charge in [-0.25, -0.2) is 9.97 Å². The van der Waals surface area contributed by atoms with Crippen LogP contribution < -0.4 is 10.6 Å². The van der Waals surface area contributed by atoms with Gasteiger partial charge in [0.2, 0.25) is 5.95 Å². The lowest BCUT2D eigenvalue weighted by molar-refractivity contribution is 0.478. The first kappa shape index (κ1) is 12.5. The van der Waals surface area contributed by atoms with Crippen molar-refractivity contribution in [2.45, 2.75) is 18.9 Å². The fourth-order valence-electron chi connectivity index (χ4n) is 1.54. The van der Waals surface area contributed by atoms with Gasteiger partial charge in [-0.1, -0.05) is 11.6 Å². The third-order valence-electron chi connectivity index (χ3n) is 2.25. The predicted octanol–water partition coefficient (Wildman–Crippen LogP) is 1.72. The normalized spacial score (nSPS) is 20.5. The fraction of sp³-hybridized carbons (Fsp3) is 0.556. The molecule has 0 radical (unpaired) electrons. The summed E-state index contributed by atoms with van der Waals surface area (Å²) in [5.41, 5.74) is 0. The van der Waals surface area contributed by atoms with E-state index in [1.807, 2.05) is 0 Å². The highest BCUT2D eigenvalue weighted by Gasteiger charge is 2.12. The maximum absolute atomic E-state index is 5.69. The lowest BCUT2D eigenvalue weighted by Crippen LogP contribution is -2.38. The Morgan fingerprint density at radius 1 is 1.40 bits per heavy atom. The summed E-state index contributed by atoms with van der Waals surface area (Å²) in [6.45, 7) is 2.09. The number of hydrogen-bond donors (Lipinski definition) is 2. The second-order valence-corrected chi connectivity index (χ2v) is 3.85. The summed E-state index contributed by atoms with van der Waals surface area (Å²) in [5, 5.41) is 7.15. The standard InChI is InChI=1S/C9H13ClN4.ClH/c10-7-4-12-9(13-5-7)14-8-2-1-3-11-6-8;/h4-5,8,11H,1-3,6H2,(H,12,13,14);1H. The summed E-state index contributed by atoms with van der Waals surface area (Å²) in [6, 6.07) is 0.435. The molecule has 0 amide bonds. The third kappa shape index (κ3) is 3.81. The van der Waals surface area contributed by atoms with Crippen LogP contribution >= 0.6 is 24.0 Å². The Hall–Kier alpha value is -0.580. The summed E-state index contributed by atoms with van der Waals surface area (Å²) in [6.07, 6.45) is 5.57. The Labute approximate surface area is 100 Å². The Kier molecular flexibility index (Phi) is 5.08. The van der Waals surface area contributed by atoms with E-state index in [0.717, 1.165) is 13.1 Å². The molecule has 1 unspecified atom stereocenters. The topological polar surface area (TPSA) is 49.8 Å². The van der Waals surface area contributed by atoms with Crippen LogP contribution in [0.3, 0.4) is 0 Å². The quantitative estimate of drug-likeness (QED) is 0.837. The van der Waals surface area contributed by atoms with Gasteiger partial charge in [0.15, 0.2) is 0 Å². The summed E-state index contributed by atoms with van der Waals surface area (Å²) in [5.74, 6) is 0.656. The minimum atomic E-state index is 0. The van der Waals surface area contributed by atoms with Gasteiger partial charge in [0, 0.05) is 12.6 Å². The van der Waals surface area contributed by atoms with Crippen LogP contribution in [0.4, 0.5) is 5.95 Å². The van der Waals surface area contributed by atoms with Crippen LogP contribution in [0.25, 0.3) is 0 Å². The minimum absolute atomic E-state index is 0. The summed E-state index contributed by atoms with van der Waals surface area (Å²) in [4.78, 5) is 8.18. The molecule has 0 saturated carbocycles. The molecule has 6 heteroatoms. The number of nitrogens with zero attached hydrogens (tertiary/aromatic N) is 2. The molecule has 1 aromatic heterocycles. The van der Waals surface area contributed by atoms with Gasteiger partial charge in [-0.05, 0) is 19.4 Å². The van der Waals surface area contributed by atoms with E-state index in [-0.39, 0.29) is 12.4 Å². The number of hydrogen-bond acceptors (Lipinski definition) is 4. The van der Waals surface area contributed by atoms with E-state index in [4.69, 9.17) is 11.6 Å². The van der Waals surface area contributed by atoms with Gasteiger partial charge in [0.25, 0.3) is 0 Å². The molecule has 0 aliphatic carbocycles. The van der Waals surface area contributed by atoms with Gasteiger partial charge in [0.05, 0.1) is 17.4 Å². The molecule has 1 aliphatic rings. The second-order valence-electron chi connectivity index (χ2n) is 3.41. The largest absolute Gasteiger partial charge is 0.350 e. The zero-order chi connectivity index (χ0) is 9.80. The van der Waals surface area contributed by atoms with E-state index in [9.17, 15) is 0 Å². The Morgan fingerprint density at radius 2 is 2.13 bits per heavy atom. The molecule has 0 aromatic carbocycles. The number of nitrogens with one attached hydrogen (secondary N) is 2. The van der Waals surface area contributed by atoms with Crippen molar-refractivity contribution in [3.05, 3.63) is 17.4 Å². The van der Waals surface area contributed by atoms with Crippen molar-refractivity contribution in [2.75, 3.05) is 18.4 Å². The van der Waals surface area contributed by atoms with Crippen molar-refractivity contribution in [2.24, 2.45) is 0 Å². The molecule has 1 fully saturated rings. The highest BCUT2D eigenvalue weighted by atomic mass is 35.5. The summed E-state index contributed by atoms with van der Waals surface area (Å²) >= 11 is 5.69. The Balaban J connectivity index is 0.00000112. The molecule has 1 atom stereocenters. The smallest absolute Gasteiger partial charge is 0.222 e. The number of piperidine rings is 1. The van der Waals surface area contributed by atoms with Gasteiger partial charge in [-0.3, -0.25) is 0 Å². The SMILES string of the molecule is Cl.Clc1cnc(NC2CCCNC2)nc1. The Bertz CT molecular complexity index is 285. The van der Waals surface area contributed by atoms with Crippen LogP contribution in [0.5, 0.6) is 0 Å². The van der Waals surface area contributed by atoms with Crippen LogP contribution in [0, 0.1) is 0 Å². The first-order valence-corrected chi connectivity index (χ1v) is 5.17. The van der Waals surface area contributed by atoms with Crippen molar-refractivity contribution < 1.29 is 0 Å². The van der Waals surface area contributed by atoms with Crippen LogP contribution in [-0.4, -0.2) is 29.1 Å². The third-order valence-corrected chi connectivity index (χ3v) is 2.45. The Morgan fingerprint density at radius 3 is 2.73 bits per heavy atom. The molecule has 2 heterocycles. The molecule has 84 valence electrons. The number of aromatic nitrogens is 2. The molecule has 0 spiro atoms. The van der Waals surface area contributed by atoms with Gasteiger partial charge in [0.1, 0.15) is 0 Å². The number of rotatable bonds is 2. The summed E-state index contributed by atoms with van der Waals surface area (Å²) in [7, 11) is 0. The molecular formula is C9H14Cl2N4. The van der Waals surface area contributed by atoms with E-state index in [1.165, 1.54) is 12.8 Å². The van der Waals surface area contributed by atoms with Crippen molar-refractivity contribution in [1.82, 2.24) is 15.3 Å². The lowest BCUT2D eigenvalue weighted by Gasteiger charge is -2.23. The fourth-order valence-corrected chi connectivity index (χ4v) is 1.64. The summed E-state index contributed by atoms with van der Waals surface area (Å²) < 4.78 is 0. The zero-order valence-corrected chi connectivity index (χ0v) is 9.81. The van der Waals surface area contributed by atoms with Crippen LogP contribution in [-0.2, 0) is 0 Å². The average Bonchev–Trinajstić information content (AvgIpc) is 2.23. The van der Waals surface area contributed by atoms with Crippen LogP contribution in [0.2, 0.25) is 5.02 Å². The van der Waals surface area contributed by atoms with E-state index in [2.05, 4.69) is 20.6 Å². The monoisotopic (exact) mass is 248 g/mol. The highest BCUT2D eigenvalue weighted by Crippen LogP contribution is 2.09. The minimum Gasteiger partial charge on any atom is -0.350 e. The molecule has 1 aliphatic heterocycles. The van der Waals surface area contributed by atoms with Crippen molar-refractivity contribution in [3.8, 4) is 0 Å². The molecule has 2 N–H and O–H groups in total. The molecule has 1 saturated heterocycles.